The molecular formula is C13H15NS2. The Labute approximate surface area is 105 Å². The average Bonchev–Trinajstić information content (AvgIpc) is 2.79. The van der Waals surface area contributed by atoms with Gasteiger partial charge >= 0.3 is 0 Å². The van der Waals surface area contributed by atoms with E-state index in [1.165, 1.54) is 20.3 Å². The van der Waals surface area contributed by atoms with Crippen LogP contribution in [0.5, 0.6) is 0 Å². The van der Waals surface area contributed by atoms with Crippen LogP contribution in [-0.4, -0.2) is 12.8 Å². The Morgan fingerprint density at radius 1 is 1.12 bits per heavy atom. The van der Waals surface area contributed by atoms with Crippen molar-refractivity contribution in [1.82, 2.24) is 0 Å². The third-order valence-electron chi connectivity index (χ3n) is 2.30. The third kappa shape index (κ3) is 2.60. The van der Waals surface area contributed by atoms with Crippen LogP contribution in [0, 0.1) is 0 Å². The van der Waals surface area contributed by atoms with Crippen LogP contribution in [0.1, 0.15) is 6.92 Å². The van der Waals surface area contributed by atoms with Gasteiger partial charge in [-0.25, -0.2) is 0 Å². The molecule has 1 heterocycles. The second-order valence-corrected chi connectivity index (χ2v) is 5.79. The number of rotatable bonds is 4. The maximum atomic E-state index is 3.16. The van der Waals surface area contributed by atoms with E-state index in [4.69, 9.17) is 0 Å². The molecule has 0 aliphatic heterocycles. The molecule has 0 unspecified atom stereocenters. The van der Waals surface area contributed by atoms with E-state index in [2.05, 4.69) is 48.6 Å². The quantitative estimate of drug-likeness (QED) is 0.797. The predicted octanol–water partition coefficient (Wildman–Crippen LogP) is 4.57. The van der Waals surface area contributed by atoms with E-state index in [1.54, 1.807) is 11.3 Å². The van der Waals surface area contributed by atoms with Crippen molar-refractivity contribution in [1.29, 1.82) is 0 Å². The lowest BCUT2D eigenvalue weighted by molar-refractivity contribution is 1.43. The summed E-state index contributed by atoms with van der Waals surface area (Å²) in [5.41, 5.74) is 1.30. The number of hydrogen-bond donors (Lipinski definition) is 1. The number of thiophene rings is 1. The summed E-state index contributed by atoms with van der Waals surface area (Å²) in [6, 6.07) is 13.1. The van der Waals surface area contributed by atoms with Gasteiger partial charge in [0.25, 0.3) is 0 Å². The van der Waals surface area contributed by atoms with Gasteiger partial charge in [-0.1, -0.05) is 19.1 Å². The van der Waals surface area contributed by atoms with Gasteiger partial charge in [0, 0.05) is 16.8 Å². The number of hydrogen-bond acceptors (Lipinski definition) is 3. The zero-order valence-corrected chi connectivity index (χ0v) is 11.1. The van der Waals surface area contributed by atoms with Crippen LogP contribution in [0.2, 0.25) is 0 Å². The van der Waals surface area contributed by atoms with Gasteiger partial charge in [-0.2, -0.15) is 0 Å². The molecule has 3 heteroatoms. The van der Waals surface area contributed by atoms with Gasteiger partial charge < -0.3 is 5.32 Å². The topological polar surface area (TPSA) is 12.0 Å². The van der Waals surface area contributed by atoms with E-state index in [1.807, 2.05) is 18.8 Å². The van der Waals surface area contributed by atoms with Crippen LogP contribution in [0.25, 0.3) is 10.4 Å². The SMILES string of the molecule is CCSc1ccc(-c2ccc(NC)s2)cc1. The summed E-state index contributed by atoms with van der Waals surface area (Å²) >= 11 is 3.67. The van der Waals surface area contributed by atoms with Crippen molar-refractivity contribution < 1.29 is 0 Å². The second-order valence-electron chi connectivity index (χ2n) is 3.37. The second kappa shape index (κ2) is 5.41. The third-order valence-corrected chi connectivity index (χ3v) is 4.35. The van der Waals surface area contributed by atoms with Crippen molar-refractivity contribution in [2.24, 2.45) is 0 Å². The van der Waals surface area contributed by atoms with Crippen molar-refractivity contribution in [2.45, 2.75) is 11.8 Å². The fourth-order valence-electron chi connectivity index (χ4n) is 1.51. The molecule has 16 heavy (non-hydrogen) atoms. The normalized spacial score (nSPS) is 10.4. The Morgan fingerprint density at radius 2 is 1.88 bits per heavy atom. The van der Waals surface area contributed by atoms with E-state index < -0.39 is 0 Å². The minimum absolute atomic E-state index is 1.13. The first kappa shape index (κ1) is 11.6. The Morgan fingerprint density at radius 3 is 2.44 bits per heavy atom. The maximum absolute atomic E-state index is 3.16. The van der Waals surface area contributed by atoms with Crippen LogP contribution in [0.3, 0.4) is 0 Å². The predicted molar refractivity (Wildman–Crippen MR) is 75.7 cm³/mol. The number of nitrogens with one attached hydrogen (secondary N) is 1. The molecule has 1 N–H and O–H groups in total. The highest BCUT2D eigenvalue weighted by Gasteiger charge is 2.01. The molecule has 0 saturated carbocycles. The van der Waals surface area contributed by atoms with E-state index in [9.17, 15) is 0 Å². The molecule has 0 atom stereocenters. The summed E-state index contributed by atoms with van der Waals surface area (Å²) in [6.07, 6.45) is 0. The molecule has 0 amide bonds. The van der Waals surface area contributed by atoms with E-state index >= 15 is 0 Å². The van der Waals surface area contributed by atoms with Crippen LogP contribution >= 0.6 is 23.1 Å². The molecule has 0 aliphatic carbocycles. The van der Waals surface area contributed by atoms with Crippen LogP contribution in [0.4, 0.5) is 5.00 Å². The molecule has 0 spiro atoms. The highest BCUT2D eigenvalue weighted by molar-refractivity contribution is 7.99. The zero-order valence-electron chi connectivity index (χ0n) is 9.49. The van der Waals surface area contributed by atoms with Gasteiger partial charge in [-0.05, 0) is 35.6 Å². The number of benzene rings is 1. The molecule has 1 nitrogen and oxygen atoms in total. The summed E-state index contributed by atoms with van der Waals surface area (Å²) in [5, 5.41) is 4.37. The van der Waals surface area contributed by atoms with Gasteiger partial charge in [0.2, 0.25) is 0 Å². The Kier molecular flexibility index (Phi) is 3.91. The fraction of sp³-hybridized carbons (Fsp3) is 0.231. The molecule has 0 bridgehead atoms. The first-order chi connectivity index (χ1) is 7.83. The molecule has 0 radical (unpaired) electrons. The van der Waals surface area contributed by atoms with Gasteiger partial charge in [0.15, 0.2) is 0 Å². The Balaban J connectivity index is 2.20. The summed E-state index contributed by atoms with van der Waals surface area (Å²) in [5.74, 6) is 1.13. The molecule has 0 fully saturated rings. The molecule has 0 saturated heterocycles. The summed E-state index contributed by atoms with van der Waals surface area (Å²) in [6.45, 7) is 2.18. The monoisotopic (exact) mass is 249 g/mol. The van der Waals surface area contributed by atoms with Crippen molar-refractivity contribution in [3.63, 3.8) is 0 Å². The summed E-state index contributed by atoms with van der Waals surface area (Å²) < 4.78 is 0. The average molecular weight is 249 g/mol. The van der Waals surface area contributed by atoms with Crippen molar-refractivity contribution in [3.8, 4) is 10.4 Å². The van der Waals surface area contributed by atoms with Gasteiger partial charge in [0.1, 0.15) is 0 Å². The van der Waals surface area contributed by atoms with E-state index in [-0.39, 0.29) is 0 Å². The van der Waals surface area contributed by atoms with E-state index in [0.29, 0.717) is 0 Å². The lowest BCUT2D eigenvalue weighted by Gasteiger charge is -2.00. The number of thioether (sulfide) groups is 1. The van der Waals surface area contributed by atoms with Crippen LogP contribution in [-0.2, 0) is 0 Å². The molecule has 2 aromatic rings. The summed E-state index contributed by atoms with van der Waals surface area (Å²) in [4.78, 5) is 2.66. The summed E-state index contributed by atoms with van der Waals surface area (Å²) in [7, 11) is 1.95. The highest BCUT2D eigenvalue weighted by Crippen LogP contribution is 2.32. The zero-order chi connectivity index (χ0) is 11.4. The molecular weight excluding hydrogens is 234 g/mol. The first-order valence-corrected chi connectivity index (χ1v) is 7.14. The molecule has 0 aliphatic rings. The standard InChI is InChI=1S/C13H15NS2/c1-3-15-11-6-4-10(5-7-11)12-8-9-13(14-2)16-12/h4-9,14H,3H2,1-2H3. The van der Waals surface area contributed by atoms with Crippen LogP contribution in [0.15, 0.2) is 41.3 Å². The molecule has 2 rings (SSSR count). The van der Waals surface area contributed by atoms with Crippen LogP contribution < -0.4 is 5.32 Å². The highest BCUT2D eigenvalue weighted by atomic mass is 32.2. The smallest absolute Gasteiger partial charge is 0.0886 e. The van der Waals surface area contributed by atoms with Crippen molar-refractivity contribution in [2.75, 3.05) is 18.1 Å². The molecule has 1 aromatic carbocycles. The van der Waals surface area contributed by atoms with E-state index in [0.717, 1.165) is 5.75 Å². The first-order valence-electron chi connectivity index (χ1n) is 5.34. The minimum Gasteiger partial charge on any atom is -0.380 e. The largest absolute Gasteiger partial charge is 0.380 e. The Bertz CT molecular complexity index is 445. The van der Waals surface area contributed by atoms with Gasteiger partial charge in [0.05, 0.1) is 5.00 Å². The lowest BCUT2D eigenvalue weighted by Crippen LogP contribution is -1.80. The van der Waals surface area contributed by atoms with Gasteiger partial charge in [-0.3, -0.25) is 0 Å². The van der Waals surface area contributed by atoms with Crippen molar-refractivity contribution in [3.05, 3.63) is 36.4 Å². The van der Waals surface area contributed by atoms with Gasteiger partial charge in [-0.15, -0.1) is 23.1 Å². The molecule has 84 valence electrons. The lowest BCUT2D eigenvalue weighted by atomic mass is 10.2. The Hall–Kier alpha value is -0.930. The number of anilines is 1. The minimum atomic E-state index is 1.13. The molecule has 1 aromatic heterocycles. The fourth-order valence-corrected chi connectivity index (χ4v) is 3.04. The maximum Gasteiger partial charge on any atom is 0.0886 e. The van der Waals surface area contributed by atoms with Crippen molar-refractivity contribution >= 4 is 28.1 Å².